The van der Waals surface area contributed by atoms with Crippen molar-refractivity contribution in [3.63, 3.8) is 0 Å². The summed E-state index contributed by atoms with van der Waals surface area (Å²) in [4.78, 5) is 1.18. The standard InChI is InChI=1S/C14H15BrO2S/c1-9-5-11(10(2)16)3-4-14(9)17-7-13-6-12(15)8-18-13/h3-6,8,10,16H,7H2,1-2H3/t10-/m1/s1. The second kappa shape index (κ2) is 5.87. The lowest BCUT2D eigenvalue weighted by Crippen LogP contribution is -1.97. The minimum atomic E-state index is -0.439. The van der Waals surface area contributed by atoms with Crippen LogP contribution in [0.15, 0.2) is 34.1 Å². The van der Waals surface area contributed by atoms with Gasteiger partial charge in [0.05, 0.1) is 6.10 Å². The van der Waals surface area contributed by atoms with E-state index in [-0.39, 0.29) is 0 Å². The van der Waals surface area contributed by atoms with E-state index in [9.17, 15) is 5.11 Å². The second-order valence-corrected chi connectivity index (χ2v) is 6.13. The summed E-state index contributed by atoms with van der Waals surface area (Å²) in [6.07, 6.45) is -0.439. The molecule has 1 N–H and O–H groups in total. The molecule has 2 rings (SSSR count). The lowest BCUT2D eigenvalue weighted by atomic mass is 10.1. The summed E-state index contributed by atoms with van der Waals surface area (Å²) in [7, 11) is 0. The number of aliphatic hydroxyl groups is 1. The van der Waals surface area contributed by atoms with Crippen molar-refractivity contribution in [1.82, 2.24) is 0 Å². The quantitative estimate of drug-likeness (QED) is 0.899. The fourth-order valence-corrected chi connectivity index (χ4v) is 3.03. The molecule has 2 aromatic rings. The van der Waals surface area contributed by atoms with E-state index in [0.29, 0.717) is 6.61 Å². The van der Waals surface area contributed by atoms with Gasteiger partial charge in [-0.1, -0.05) is 6.07 Å². The first-order valence-corrected chi connectivity index (χ1v) is 7.38. The Kier molecular flexibility index (Phi) is 4.43. The zero-order chi connectivity index (χ0) is 13.1. The van der Waals surface area contributed by atoms with Crippen LogP contribution in [0.25, 0.3) is 0 Å². The Balaban J connectivity index is 2.05. The molecule has 18 heavy (non-hydrogen) atoms. The maximum absolute atomic E-state index is 9.51. The highest BCUT2D eigenvalue weighted by Crippen LogP contribution is 2.25. The number of thiophene rings is 1. The minimum absolute atomic E-state index is 0.439. The molecule has 0 fully saturated rings. The maximum atomic E-state index is 9.51. The molecule has 0 saturated heterocycles. The van der Waals surface area contributed by atoms with Crippen molar-refractivity contribution < 1.29 is 9.84 Å². The predicted octanol–water partition coefficient (Wildman–Crippen LogP) is 4.45. The van der Waals surface area contributed by atoms with Crippen LogP contribution >= 0.6 is 27.3 Å². The summed E-state index contributed by atoms with van der Waals surface area (Å²) in [6.45, 7) is 4.33. The molecule has 1 atom stereocenters. The Hall–Kier alpha value is -0.840. The molecular weight excluding hydrogens is 312 g/mol. The van der Waals surface area contributed by atoms with E-state index in [4.69, 9.17) is 4.74 Å². The van der Waals surface area contributed by atoms with Gasteiger partial charge in [0.25, 0.3) is 0 Å². The second-order valence-electron chi connectivity index (χ2n) is 4.22. The zero-order valence-electron chi connectivity index (χ0n) is 10.3. The van der Waals surface area contributed by atoms with E-state index in [1.54, 1.807) is 18.3 Å². The number of hydrogen-bond acceptors (Lipinski definition) is 3. The van der Waals surface area contributed by atoms with E-state index in [1.165, 1.54) is 4.88 Å². The number of hydrogen-bond donors (Lipinski definition) is 1. The van der Waals surface area contributed by atoms with Crippen LogP contribution in [0.5, 0.6) is 5.75 Å². The molecule has 0 aliphatic rings. The molecule has 0 amide bonds. The van der Waals surface area contributed by atoms with Crippen LogP contribution in [0.4, 0.5) is 0 Å². The van der Waals surface area contributed by atoms with Crippen molar-refractivity contribution in [2.24, 2.45) is 0 Å². The average molecular weight is 327 g/mol. The van der Waals surface area contributed by atoms with Crippen molar-refractivity contribution in [2.45, 2.75) is 26.6 Å². The molecule has 96 valence electrons. The number of halogens is 1. The summed E-state index contributed by atoms with van der Waals surface area (Å²) >= 11 is 5.10. The van der Waals surface area contributed by atoms with Gasteiger partial charge in [-0.15, -0.1) is 11.3 Å². The molecule has 2 nitrogen and oxygen atoms in total. The van der Waals surface area contributed by atoms with Crippen molar-refractivity contribution in [1.29, 1.82) is 0 Å². The normalized spacial score (nSPS) is 12.4. The molecule has 0 radical (unpaired) electrons. The van der Waals surface area contributed by atoms with Gasteiger partial charge in [-0.3, -0.25) is 0 Å². The molecule has 1 aromatic heterocycles. The van der Waals surface area contributed by atoms with E-state index < -0.39 is 6.10 Å². The van der Waals surface area contributed by atoms with Gasteiger partial charge in [-0.2, -0.15) is 0 Å². The SMILES string of the molecule is Cc1cc([C@@H](C)O)ccc1OCc1cc(Br)cs1. The minimum Gasteiger partial charge on any atom is -0.488 e. The summed E-state index contributed by atoms with van der Waals surface area (Å²) < 4.78 is 6.87. The Labute approximate surface area is 119 Å². The highest BCUT2D eigenvalue weighted by molar-refractivity contribution is 9.10. The molecule has 0 unspecified atom stereocenters. The number of benzene rings is 1. The number of ether oxygens (including phenoxy) is 1. The molecular formula is C14H15BrO2S. The van der Waals surface area contributed by atoms with Crippen molar-refractivity contribution in [3.8, 4) is 5.75 Å². The maximum Gasteiger partial charge on any atom is 0.122 e. The Bertz CT molecular complexity index is 534. The summed E-state index contributed by atoms with van der Waals surface area (Å²) in [6, 6.07) is 7.84. The van der Waals surface area contributed by atoms with Gasteiger partial charge in [0.15, 0.2) is 0 Å². The van der Waals surface area contributed by atoms with Crippen LogP contribution in [-0.4, -0.2) is 5.11 Å². The number of rotatable bonds is 4. The lowest BCUT2D eigenvalue weighted by molar-refractivity contribution is 0.199. The molecule has 0 spiro atoms. The van der Waals surface area contributed by atoms with Crippen LogP contribution in [0.2, 0.25) is 0 Å². The predicted molar refractivity (Wildman–Crippen MR) is 78.2 cm³/mol. The van der Waals surface area contributed by atoms with Gasteiger partial charge in [0.2, 0.25) is 0 Å². The van der Waals surface area contributed by atoms with E-state index in [2.05, 4.69) is 22.0 Å². The first-order valence-electron chi connectivity index (χ1n) is 5.70. The third-order valence-corrected chi connectivity index (χ3v) is 4.34. The fraction of sp³-hybridized carbons (Fsp3) is 0.286. The fourth-order valence-electron chi connectivity index (χ4n) is 1.67. The number of aliphatic hydroxyl groups excluding tert-OH is 1. The van der Waals surface area contributed by atoms with E-state index in [1.807, 2.05) is 30.5 Å². The average Bonchev–Trinajstić information content (AvgIpc) is 2.73. The Morgan fingerprint density at radius 1 is 1.39 bits per heavy atom. The summed E-state index contributed by atoms with van der Waals surface area (Å²) in [5.74, 6) is 0.865. The van der Waals surface area contributed by atoms with Gasteiger partial charge in [-0.05, 0) is 59.1 Å². The molecule has 4 heteroatoms. The van der Waals surface area contributed by atoms with Crippen molar-refractivity contribution in [3.05, 3.63) is 50.1 Å². The van der Waals surface area contributed by atoms with Gasteiger partial charge >= 0.3 is 0 Å². The molecule has 0 aliphatic heterocycles. The smallest absolute Gasteiger partial charge is 0.122 e. The highest BCUT2D eigenvalue weighted by Gasteiger charge is 2.06. The van der Waals surface area contributed by atoms with Crippen molar-refractivity contribution in [2.75, 3.05) is 0 Å². The highest BCUT2D eigenvalue weighted by atomic mass is 79.9. The van der Waals surface area contributed by atoms with Gasteiger partial charge in [-0.25, -0.2) is 0 Å². The lowest BCUT2D eigenvalue weighted by Gasteiger charge is -2.11. The molecule has 1 aromatic carbocycles. The summed E-state index contributed by atoms with van der Waals surface area (Å²) in [5, 5.41) is 11.5. The molecule has 1 heterocycles. The molecule has 0 saturated carbocycles. The third-order valence-electron chi connectivity index (χ3n) is 2.67. The van der Waals surface area contributed by atoms with Crippen LogP contribution in [0, 0.1) is 6.92 Å². The van der Waals surface area contributed by atoms with Crippen LogP contribution in [-0.2, 0) is 6.61 Å². The van der Waals surface area contributed by atoms with Crippen molar-refractivity contribution >= 4 is 27.3 Å². The third kappa shape index (κ3) is 3.34. The van der Waals surface area contributed by atoms with E-state index >= 15 is 0 Å². The largest absolute Gasteiger partial charge is 0.488 e. The van der Waals surface area contributed by atoms with Gasteiger partial charge in [0, 0.05) is 14.7 Å². The first-order chi connectivity index (χ1) is 8.56. The molecule has 0 aliphatic carbocycles. The monoisotopic (exact) mass is 326 g/mol. The summed E-state index contributed by atoms with van der Waals surface area (Å²) in [5.41, 5.74) is 1.96. The Morgan fingerprint density at radius 3 is 2.72 bits per heavy atom. The topological polar surface area (TPSA) is 29.5 Å². The van der Waals surface area contributed by atoms with Gasteiger partial charge < -0.3 is 9.84 Å². The van der Waals surface area contributed by atoms with Gasteiger partial charge in [0.1, 0.15) is 12.4 Å². The van der Waals surface area contributed by atoms with Crippen LogP contribution in [0.3, 0.4) is 0 Å². The first kappa shape index (κ1) is 13.6. The van der Waals surface area contributed by atoms with Crippen LogP contribution in [0.1, 0.15) is 29.0 Å². The van der Waals surface area contributed by atoms with E-state index in [0.717, 1.165) is 21.3 Å². The number of aryl methyl sites for hydroxylation is 1. The Morgan fingerprint density at radius 2 is 2.17 bits per heavy atom. The van der Waals surface area contributed by atoms with Crippen LogP contribution < -0.4 is 4.74 Å². The molecule has 0 bridgehead atoms. The zero-order valence-corrected chi connectivity index (χ0v) is 12.7.